The number of aromatic nitrogens is 2. The number of hydrogen-bond donors (Lipinski definition) is 2. The molecule has 22 heavy (non-hydrogen) atoms. The van der Waals surface area contributed by atoms with E-state index in [1.807, 2.05) is 17.6 Å². The molecule has 1 heterocycles. The van der Waals surface area contributed by atoms with E-state index in [1.165, 1.54) is 22.0 Å². The molecule has 0 bridgehead atoms. The lowest BCUT2D eigenvalue weighted by Crippen LogP contribution is -2.30. The van der Waals surface area contributed by atoms with Gasteiger partial charge in [0.15, 0.2) is 12.4 Å². The molecule has 0 spiro atoms. The van der Waals surface area contributed by atoms with Gasteiger partial charge in [-0.3, -0.25) is 10.2 Å². The number of hydrogen-bond acceptors (Lipinski definition) is 4. The van der Waals surface area contributed by atoms with Crippen LogP contribution in [-0.4, -0.2) is 15.7 Å². The molecule has 0 aliphatic rings. The first-order valence-electron chi connectivity index (χ1n) is 6.89. The number of carbonyl (C=O) groups is 1. The van der Waals surface area contributed by atoms with Crippen molar-refractivity contribution in [3.63, 3.8) is 0 Å². The molecule has 1 aromatic heterocycles. The van der Waals surface area contributed by atoms with Gasteiger partial charge in [0.25, 0.3) is 5.91 Å². The van der Waals surface area contributed by atoms with Crippen LogP contribution in [0, 0.1) is 6.92 Å². The Morgan fingerprint density at radius 3 is 2.82 bits per heavy atom. The number of rotatable bonds is 5. The summed E-state index contributed by atoms with van der Waals surface area (Å²) in [6.07, 6.45) is 1.52. The van der Waals surface area contributed by atoms with Gasteiger partial charge in [-0.2, -0.15) is 5.10 Å². The van der Waals surface area contributed by atoms with Crippen LogP contribution in [0.15, 0.2) is 24.4 Å². The molecular formula is C15H19ClN4O2. The topological polar surface area (TPSA) is 82.2 Å². The van der Waals surface area contributed by atoms with Crippen molar-refractivity contribution in [3.05, 3.63) is 46.2 Å². The van der Waals surface area contributed by atoms with Crippen molar-refractivity contribution < 1.29 is 9.53 Å². The van der Waals surface area contributed by atoms with Gasteiger partial charge >= 0.3 is 0 Å². The zero-order chi connectivity index (χ0) is 16.3. The van der Waals surface area contributed by atoms with Crippen LogP contribution in [0.25, 0.3) is 0 Å². The average Bonchev–Trinajstić information content (AvgIpc) is 2.85. The Balaban J connectivity index is 2.07. The van der Waals surface area contributed by atoms with Crippen molar-refractivity contribution >= 4 is 17.5 Å². The van der Waals surface area contributed by atoms with Crippen LogP contribution in [-0.2, 0) is 6.73 Å². The Morgan fingerprint density at radius 1 is 1.50 bits per heavy atom. The molecule has 0 fully saturated rings. The van der Waals surface area contributed by atoms with Crippen LogP contribution in [0.4, 0.5) is 0 Å². The molecule has 2 rings (SSSR count). The van der Waals surface area contributed by atoms with Gasteiger partial charge in [-0.1, -0.05) is 31.5 Å². The van der Waals surface area contributed by atoms with Crippen molar-refractivity contribution in [3.8, 4) is 5.75 Å². The number of ether oxygens (including phenoxy) is 1. The quantitative estimate of drug-likeness (QED) is 0.503. The Bertz CT molecular complexity index is 682. The fraction of sp³-hybridized carbons (Fsp3) is 0.333. The minimum Gasteiger partial charge on any atom is -0.471 e. The Labute approximate surface area is 134 Å². The normalized spacial score (nSPS) is 10.8. The van der Waals surface area contributed by atoms with E-state index < -0.39 is 5.91 Å². The summed E-state index contributed by atoms with van der Waals surface area (Å²) in [4.78, 5) is 11.4. The molecule has 0 saturated carbocycles. The Kier molecular flexibility index (Phi) is 5.05. The van der Waals surface area contributed by atoms with Crippen molar-refractivity contribution in [1.82, 2.24) is 15.2 Å². The average molecular weight is 323 g/mol. The van der Waals surface area contributed by atoms with E-state index in [1.54, 1.807) is 0 Å². The number of carbonyl (C=O) groups excluding carboxylic acids is 1. The standard InChI is InChI=1S/C15H19ClN4O2/c1-9(2)12-5-4-11(6-10(12)3)22-8-20-7-13(16)14(19-20)15(21)18-17/h4-7,9H,8,17H2,1-3H3,(H,18,21). The van der Waals surface area contributed by atoms with E-state index >= 15 is 0 Å². The number of hydrazine groups is 1. The van der Waals surface area contributed by atoms with Crippen LogP contribution in [0.1, 0.15) is 41.4 Å². The van der Waals surface area contributed by atoms with E-state index in [2.05, 4.69) is 31.9 Å². The summed E-state index contributed by atoms with van der Waals surface area (Å²) in [5, 5.41) is 4.25. The highest BCUT2D eigenvalue weighted by Gasteiger charge is 2.14. The van der Waals surface area contributed by atoms with Gasteiger partial charge in [0.05, 0.1) is 5.02 Å². The van der Waals surface area contributed by atoms with E-state index in [9.17, 15) is 4.79 Å². The van der Waals surface area contributed by atoms with Gasteiger partial charge in [-0.05, 0) is 36.1 Å². The zero-order valence-electron chi connectivity index (χ0n) is 12.8. The number of aryl methyl sites for hydroxylation is 1. The fourth-order valence-corrected chi connectivity index (χ4v) is 2.45. The van der Waals surface area contributed by atoms with Gasteiger partial charge in [0.2, 0.25) is 0 Å². The van der Waals surface area contributed by atoms with E-state index in [-0.39, 0.29) is 17.4 Å². The number of nitrogens with one attached hydrogen (secondary N) is 1. The Morgan fingerprint density at radius 2 is 2.23 bits per heavy atom. The summed E-state index contributed by atoms with van der Waals surface area (Å²) in [7, 11) is 0. The van der Waals surface area contributed by atoms with E-state index in [4.69, 9.17) is 22.2 Å². The van der Waals surface area contributed by atoms with Gasteiger partial charge < -0.3 is 4.74 Å². The summed E-state index contributed by atoms with van der Waals surface area (Å²) in [6, 6.07) is 5.95. The van der Waals surface area contributed by atoms with Crippen LogP contribution in [0.3, 0.4) is 0 Å². The smallest absolute Gasteiger partial charge is 0.287 e. The van der Waals surface area contributed by atoms with Crippen molar-refractivity contribution in [2.24, 2.45) is 5.84 Å². The first kappa shape index (κ1) is 16.3. The molecule has 6 nitrogen and oxygen atoms in total. The predicted octanol–water partition coefficient (Wildman–Crippen LogP) is 2.61. The molecule has 1 aromatic carbocycles. The number of amides is 1. The summed E-state index contributed by atoms with van der Waals surface area (Å²) in [5.74, 6) is 5.73. The predicted molar refractivity (Wildman–Crippen MR) is 84.8 cm³/mol. The summed E-state index contributed by atoms with van der Waals surface area (Å²) in [5.41, 5.74) is 4.53. The molecular weight excluding hydrogens is 304 g/mol. The second-order valence-electron chi connectivity index (χ2n) is 5.29. The Hall–Kier alpha value is -2.05. The van der Waals surface area contributed by atoms with Crippen molar-refractivity contribution in [2.75, 3.05) is 0 Å². The summed E-state index contributed by atoms with van der Waals surface area (Å²) < 4.78 is 7.11. The highest BCUT2D eigenvalue weighted by molar-refractivity contribution is 6.33. The number of benzene rings is 1. The third-order valence-corrected chi connectivity index (χ3v) is 3.57. The molecule has 0 radical (unpaired) electrons. The van der Waals surface area contributed by atoms with Crippen LogP contribution in [0.5, 0.6) is 5.75 Å². The number of halogens is 1. The van der Waals surface area contributed by atoms with Crippen molar-refractivity contribution in [2.45, 2.75) is 33.4 Å². The SMILES string of the molecule is Cc1cc(OCn2cc(Cl)c(C(=O)NN)n2)ccc1C(C)C. The molecule has 2 aromatic rings. The molecule has 0 aliphatic heterocycles. The second-order valence-corrected chi connectivity index (χ2v) is 5.69. The van der Waals surface area contributed by atoms with Crippen LogP contribution < -0.4 is 16.0 Å². The highest BCUT2D eigenvalue weighted by Crippen LogP contribution is 2.23. The lowest BCUT2D eigenvalue weighted by molar-refractivity contribution is 0.0946. The molecule has 3 N–H and O–H groups in total. The lowest BCUT2D eigenvalue weighted by Gasteiger charge is -2.12. The first-order chi connectivity index (χ1) is 10.4. The van der Waals surface area contributed by atoms with E-state index in [0.29, 0.717) is 5.92 Å². The fourth-order valence-electron chi connectivity index (χ4n) is 2.21. The largest absolute Gasteiger partial charge is 0.471 e. The summed E-state index contributed by atoms with van der Waals surface area (Å²) in [6.45, 7) is 6.51. The van der Waals surface area contributed by atoms with E-state index in [0.717, 1.165) is 5.75 Å². The van der Waals surface area contributed by atoms with Crippen molar-refractivity contribution in [1.29, 1.82) is 0 Å². The van der Waals surface area contributed by atoms with Gasteiger partial charge in [0, 0.05) is 6.20 Å². The lowest BCUT2D eigenvalue weighted by atomic mass is 9.98. The summed E-state index contributed by atoms with van der Waals surface area (Å²) >= 11 is 5.93. The molecule has 0 saturated heterocycles. The molecule has 0 atom stereocenters. The maximum Gasteiger partial charge on any atom is 0.287 e. The molecule has 7 heteroatoms. The van der Waals surface area contributed by atoms with Crippen LogP contribution >= 0.6 is 11.6 Å². The highest BCUT2D eigenvalue weighted by atomic mass is 35.5. The number of nitrogens with zero attached hydrogens (tertiary/aromatic N) is 2. The third-order valence-electron chi connectivity index (χ3n) is 3.29. The molecule has 0 aliphatic carbocycles. The maximum absolute atomic E-state index is 11.4. The van der Waals surface area contributed by atoms with Gasteiger partial charge in [0.1, 0.15) is 5.75 Å². The first-order valence-corrected chi connectivity index (χ1v) is 7.27. The monoisotopic (exact) mass is 322 g/mol. The molecule has 0 unspecified atom stereocenters. The molecule has 118 valence electrons. The minimum absolute atomic E-state index is 0.0686. The maximum atomic E-state index is 11.4. The number of nitrogens with two attached hydrogens (primary N) is 1. The molecule has 1 amide bonds. The van der Waals surface area contributed by atoms with Crippen LogP contribution in [0.2, 0.25) is 5.02 Å². The number of nitrogen functional groups attached to an aromatic ring is 1. The zero-order valence-corrected chi connectivity index (χ0v) is 13.5. The third kappa shape index (κ3) is 3.58. The minimum atomic E-state index is -0.541. The second kappa shape index (κ2) is 6.81. The van der Waals surface area contributed by atoms with Gasteiger partial charge in [-0.15, -0.1) is 0 Å². The van der Waals surface area contributed by atoms with Gasteiger partial charge in [-0.25, -0.2) is 10.5 Å².